The van der Waals surface area contributed by atoms with Crippen molar-refractivity contribution in [3.8, 4) is 0 Å². The molecule has 0 aliphatic rings. The van der Waals surface area contributed by atoms with Crippen LogP contribution >= 0.6 is 23.4 Å². The minimum absolute atomic E-state index is 0.000857. The van der Waals surface area contributed by atoms with Crippen molar-refractivity contribution in [2.24, 2.45) is 5.10 Å². The fraction of sp³-hybridized carbons (Fsp3) is 0.0800. The highest BCUT2D eigenvalue weighted by molar-refractivity contribution is 7.99. The number of allylic oxidation sites excluding steroid dienone is 1. The van der Waals surface area contributed by atoms with Crippen molar-refractivity contribution in [3.63, 3.8) is 0 Å². The van der Waals surface area contributed by atoms with Gasteiger partial charge in [-0.05, 0) is 48.0 Å². The summed E-state index contributed by atoms with van der Waals surface area (Å²) < 4.78 is 2.06. The summed E-state index contributed by atoms with van der Waals surface area (Å²) in [6.45, 7) is 0.593. The predicted molar refractivity (Wildman–Crippen MR) is 140 cm³/mol. The van der Waals surface area contributed by atoms with Crippen LogP contribution in [-0.4, -0.2) is 32.3 Å². The van der Waals surface area contributed by atoms with Gasteiger partial charge in [0.2, 0.25) is 0 Å². The van der Waals surface area contributed by atoms with Gasteiger partial charge in [-0.25, -0.2) is 10.4 Å². The topological polar surface area (TPSA) is 102 Å². The summed E-state index contributed by atoms with van der Waals surface area (Å²) in [5.41, 5.74) is 5.80. The van der Waals surface area contributed by atoms with Gasteiger partial charge in [-0.15, -0.1) is 0 Å². The number of hydrogen-bond acceptors (Lipinski definition) is 6. The summed E-state index contributed by atoms with van der Waals surface area (Å²) in [5, 5.41) is 16.3. The molecule has 4 rings (SSSR count). The van der Waals surface area contributed by atoms with Crippen LogP contribution in [0.25, 0.3) is 17.1 Å². The standard InChI is InChI=1S/C25H20ClN5O3S/c26-20-13-11-18(12-14-20)16-30-23-10-4-2-8-21(23)28-25(30)35-17-24(32)29-27-15-5-7-19-6-1-3-9-22(19)31(33)34/h1-15H,16-17H2,(H,29,32)/b7-5-,27-15-. The number of carbonyl (C=O) groups excluding carboxylic acids is 1. The molecule has 176 valence electrons. The van der Waals surface area contributed by atoms with Crippen molar-refractivity contribution >= 4 is 58.3 Å². The minimum Gasteiger partial charge on any atom is -0.314 e. The Labute approximate surface area is 210 Å². The van der Waals surface area contributed by atoms with Gasteiger partial charge >= 0.3 is 0 Å². The van der Waals surface area contributed by atoms with Crippen molar-refractivity contribution in [1.29, 1.82) is 0 Å². The fourth-order valence-corrected chi connectivity index (χ4v) is 4.28. The first-order valence-electron chi connectivity index (χ1n) is 10.6. The number of imidazole rings is 1. The molecule has 0 radical (unpaired) electrons. The molecule has 35 heavy (non-hydrogen) atoms. The molecule has 1 aromatic heterocycles. The van der Waals surface area contributed by atoms with Gasteiger partial charge in [0.15, 0.2) is 5.16 Å². The number of rotatable bonds is 9. The number of carbonyl (C=O) groups is 1. The van der Waals surface area contributed by atoms with E-state index < -0.39 is 4.92 Å². The van der Waals surface area contributed by atoms with E-state index in [9.17, 15) is 14.9 Å². The molecule has 0 bridgehead atoms. The predicted octanol–water partition coefficient (Wildman–Crippen LogP) is 5.55. The lowest BCUT2D eigenvalue weighted by atomic mass is 10.2. The number of nitro benzene ring substituents is 1. The molecule has 0 aliphatic heterocycles. The van der Waals surface area contributed by atoms with Crippen molar-refractivity contribution in [2.75, 3.05) is 5.75 Å². The molecule has 1 amide bonds. The van der Waals surface area contributed by atoms with Gasteiger partial charge in [0, 0.05) is 17.3 Å². The highest BCUT2D eigenvalue weighted by atomic mass is 35.5. The molecule has 0 saturated carbocycles. The van der Waals surface area contributed by atoms with E-state index >= 15 is 0 Å². The average molecular weight is 506 g/mol. The minimum atomic E-state index is -0.448. The first-order chi connectivity index (χ1) is 17.0. The zero-order chi connectivity index (χ0) is 24.6. The molecule has 8 nitrogen and oxygen atoms in total. The van der Waals surface area contributed by atoms with E-state index in [4.69, 9.17) is 11.6 Å². The number of para-hydroxylation sites is 3. The number of amides is 1. The first-order valence-corrected chi connectivity index (χ1v) is 11.9. The van der Waals surface area contributed by atoms with Gasteiger partial charge in [0.25, 0.3) is 11.6 Å². The molecule has 0 unspecified atom stereocenters. The monoisotopic (exact) mass is 505 g/mol. The molecule has 3 aromatic carbocycles. The Kier molecular flexibility index (Phi) is 7.92. The van der Waals surface area contributed by atoms with Crippen LogP contribution in [0.5, 0.6) is 0 Å². The fourth-order valence-electron chi connectivity index (χ4n) is 3.34. The van der Waals surface area contributed by atoms with Gasteiger partial charge in [-0.2, -0.15) is 5.10 Å². The van der Waals surface area contributed by atoms with Crippen LogP contribution in [0.2, 0.25) is 5.02 Å². The van der Waals surface area contributed by atoms with Crippen molar-refractivity contribution in [3.05, 3.63) is 105 Å². The number of halogens is 1. The maximum Gasteiger partial charge on any atom is 0.276 e. The van der Waals surface area contributed by atoms with Crippen LogP contribution in [0.3, 0.4) is 0 Å². The maximum atomic E-state index is 12.3. The Balaban J connectivity index is 1.38. The normalized spacial score (nSPS) is 11.5. The van der Waals surface area contributed by atoms with Crippen LogP contribution < -0.4 is 5.43 Å². The van der Waals surface area contributed by atoms with Gasteiger partial charge in [0.1, 0.15) is 0 Å². The van der Waals surface area contributed by atoms with Crippen LogP contribution in [0.1, 0.15) is 11.1 Å². The molecule has 0 atom stereocenters. The van der Waals surface area contributed by atoms with Crippen LogP contribution in [0, 0.1) is 10.1 Å². The Bertz CT molecular complexity index is 1420. The number of nitrogens with one attached hydrogen (secondary N) is 1. The lowest BCUT2D eigenvalue weighted by Crippen LogP contribution is -2.19. The molecule has 0 fully saturated rings. The van der Waals surface area contributed by atoms with E-state index in [0.29, 0.717) is 17.1 Å². The number of hydrazone groups is 1. The molecule has 0 saturated heterocycles. The highest BCUT2D eigenvalue weighted by Crippen LogP contribution is 2.25. The van der Waals surface area contributed by atoms with Gasteiger partial charge in [0.05, 0.1) is 33.8 Å². The van der Waals surface area contributed by atoms with E-state index in [2.05, 4.69) is 20.1 Å². The number of hydrogen-bond donors (Lipinski definition) is 1. The Morgan fingerprint density at radius 1 is 1.11 bits per heavy atom. The van der Waals surface area contributed by atoms with E-state index in [1.807, 2.05) is 48.5 Å². The number of benzene rings is 3. The van der Waals surface area contributed by atoms with Crippen LogP contribution in [0.15, 0.2) is 89.1 Å². The molecule has 0 aliphatic carbocycles. The first kappa shape index (κ1) is 24.2. The van der Waals surface area contributed by atoms with Gasteiger partial charge < -0.3 is 4.57 Å². The lowest BCUT2D eigenvalue weighted by Gasteiger charge is -2.09. The second kappa shape index (κ2) is 11.5. The summed E-state index contributed by atoms with van der Waals surface area (Å²) in [6.07, 6.45) is 4.46. The number of thioether (sulfide) groups is 1. The maximum absolute atomic E-state index is 12.3. The Morgan fingerprint density at radius 3 is 2.66 bits per heavy atom. The van der Waals surface area contributed by atoms with Gasteiger partial charge in [-0.3, -0.25) is 14.9 Å². The summed E-state index contributed by atoms with van der Waals surface area (Å²) in [5.74, 6) is -0.176. The van der Waals surface area contributed by atoms with E-state index in [-0.39, 0.29) is 17.3 Å². The molecule has 1 N–H and O–H groups in total. The van der Waals surface area contributed by atoms with Crippen molar-refractivity contribution in [1.82, 2.24) is 15.0 Å². The third-order valence-electron chi connectivity index (χ3n) is 4.96. The largest absolute Gasteiger partial charge is 0.314 e. The molecule has 1 heterocycles. The summed E-state index contributed by atoms with van der Waals surface area (Å²) in [7, 11) is 0. The number of nitrogens with zero attached hydrogens (tertiary/aromatic N) is 4. The number of nitro groups is 1. The summed E-state index contributed by atoms with van der Waals surface area (Å²) in [4.78, 5) is 27.6. The zero-order valence-corrected chi connectivity index (χ0v) is 19.9. The van der Waals surface area contributed by atoms with Crippen molar-refractivity contribution in [2.45, 2.75) is 11.7 Å². The Morgan fingerprint density at radius 2 is 1.86 bits per heavy atom. The van der Waals surface area contributed by atoms with E-state index in [1.54, 1.807) is 24.3 Å². The average Bonchev–Trinajstić information content (AvgIpc) is 3.21. The molecular weight excluding hydrogens is 486 g/mol. The van der Waals surface area contributed by atoms with Gasteiger partial charge in [-0.1, -0.05) is 59.8 Å². The van der Waals surface area contributed by atoms with Crippen LogP contribution in [0.4, 0.5) is 5.69 Å². The summed E-state index contributed by atoms with van der Waals surface area (Å²) >= 11 is 7.32. The second-order valence-electron chi connectivity index (χ2n) is 7.37. The Hall–Kier alpha value is -3.95. The van der Waals surface area contributed by atoms with E-state index in [1.165, 1.54) is 30.1 Å². The molecule has 0 spiro atoms. The zero-order valence-electron chi connectivity index (χ0n) is 18.4. The third-order valence-corrected chi connectivity index (χ3v) is 6.19. The molecule has 4 aromatic rings. The highest BCUT2D eigenvalue weighted by Gasteiger charge is 2.13. The van der Waals surface area contributed by atoms with Crippen LogP contribution in [-0.2, 0) is 11.3 Å². The molecular formula is C25H20ClN5O3S. The third kappa shape index (κ3) is 6.34. The number of aromatic nitrogens is 2. The van der Waals surface area contributed by atoms with Crippen molar-refractivity contribution < 1.29 is 9.72 Å². The quantitative estimate of drug-likeness (QED) is 0.139. The molecule has 10 heteroatoms. The lowest BCUT2D eigenvalue weighted by molar-refractivity contribution is -0.385. The van der Waals surface area contributed by atoms with E-state index in [0.717, 1.165) is 21.8 Å². The number of fused-ring (bicyclic) bond motifs is 1. The smallest absolute Gasteiger partial charge is 0.276 e. The SMILES string of the molecule is O=C(CSc1nc2ccccc2n1Cc1ccc(Cl)cc1)N/N=C\C=C/c1ccccc1[N+](=O)[O-]. The summed E-state index contributed by atoms with van der Waals surface area (Å²) in [6, 6.07) is 21.8. The second-order valence-corrected chi connectivity index (χ2v) is 8.75.